The maximum atomic E-state index is 11.6. The van der Waals surface area contributed by atoms with Crippen LogP contribution in [0.25, 0.3) is 0 Å². The minimum atomic E-state index is 0.106. The molecule has 1 aromatic rings. The van der Waals surface area contributed by atoms with Gasteiger partial charge in [0.05, 0.1) is 7.11 Å². The van der Waals surface area contributed by atoms with Gasteiger partial charge >= 0.3 is 0 Å². The molecular formula is C16H26N2O2. The van der Waals surface area contributed by atoms with Gasteiger partial charge in [0.25, 0.3) is 0 Å². The lowest BCUT2D eigenvalue weighted by molar-refractivity contribution is -0.121. The van der Waals surface area contributed by atoms with Gasteiger partial charge in [-0.25, -0.2) is 0 Å². The number of hydrogen-bond acceptors (Lipinski definition) is 3. The number of carbonyl (C=O) groups excluding carboxylic acids is 1. The number of para-hydroxylation sites is 1. The topological polar surface area (TPSA) is 50.4 Å². The first-order valence-corrected chi connectivity index (χ1v) is 7.35. The number of rotatable bonds is 9. The molecule has 1 atom stereocenters. The molecule has 0 saturated heterocycles. The Morgan fingerprint density at radius 1 is 1.25 bits per heavy atom. The monoisotopic (exact) mass is 278 g/mol. The van der Waals surface area contributed by atoms with Crippen LogP contribution < -0.4 is 15.4 Å². The molecule has 1 aromatic carbocycles. The largest absolute Gasteiger partial charge is 0.496 e. The lowest BCUT2D eigenvalue weighted by atomic mass is 10.0. The molecule has 0 spiro atoms. The lowest BCUT2D eigenvalue weighted by Crippen LogP contribution is -2.30. The summed E-state index contributed by atoms with van der Waals surface area (Å²) in [5.74, 6) is 0.997. The van der Waals surface area contributed by atoms with E-state index in [1.807, 2.05) is 25.1 Å². The highest BCUT2D eigenvalue weighted by Crippen LogP contribution is 2.26. The molecule has 4 nitrogen and oxygen atoms in total. The molecule has 0 aliphatic carbocycles. The van der Waals surface area contributed by atoms with Crippen LogP contribution in [0.3, 0.4) is 0 Å². The van der Waals surface area contributed by atoms with Gasteiger partial charge in [0.1, 0.15) is 5.75 Å². The van der Waals surface area contributed by atoms with E-state index in [4.69, 9.17) is 4.74 Å². The predicted octanol–water partition coefficient (Wildman–Crippen LogP) is 2.65. The Labute approximate surface area is 121 Å². The van der Waals surface area contributed by atoms with Gasteiger partial charge in [-0.15, -0.1) is 0 Å². The van der Waals surface area contributed by atoms with Gasteiger partial charge in [-0.2, -0.15) is 0 Å². The van der Waals surface area contributed by atoms with Crippen molar-refractivity contribution in [2.75, 3.05) is 20.2 Å². The fourth-order valence-corrected chi connectivity index (χ4v) is 2.14. The second-order valence-corrected chi connectivity index (χ2v) is 4.76. The molecule has 0 saturated carbocycles. The van der Waals surface area contributed by atoms with Gasteiger partial charge in [0.2, 0.25) is 5.91 Å². The molecule has 0 aromatic heterocycles. The molecule has 4 heteroatoms. The van der Waals surface area contributed by atoms with Crippen LogP contribution in [-0.2, 0) is 4.79 Å². The van der Waals surface area contributed by atoms with Crippen molar-refractivity contribution < 1.29 is 9.53 Å². The summed E-state index contributed by atoms with van der Waals surface area (Å²) < 4.78 is 5.39. The zero-order valence-corrected chi connectivity index (χ0v) is 12.7. The number of hydrogen-bond donors (Lipinski definition) is 2. The van der Waals surface area contributed by atoms with Crippen molar-refractivity contribution in [1.29, 1.82) is 0 Å². The molecule has 1 rings (SSSR count). The Kier molecular flexibility index (Phi) is 7.73. The first kappa shape index (κ1) is 16.5. The van der Waals surface area contributed by atoms with E-state index in [0.29, 0.717) is 13.0 Å². The Balaban J connectivity index is 2.49. The molecule has 1 amide bonds. The van der Waals surface area contributed by atoms with Crippen LogP contribution >= 0.6 is 0 Å². The molecular weight excluding hydrogens is 252 g/mol. The van der Waals surface area contributed by atoms with Crippen molar-refractivity contribution in [1.82, 2.24) is 10.6 Å². The van der Waals surface area contributed by atoms with E-state index in [0.717, 1.165) is 30.7 Å². The van der Waals surface area contributed by atoms with Gasteiger partial charge in [0.15, 0.2) is 0 Å². The van der Waals surface area contributed by atoms with Gasteiger partial charge in [-0.1, -0.05) is 32.0 Å². The molecule has 0 radical (unpaired) electrons. The van der Waals surface area contributed by atoms with Gasteiger partial charge in [-0.3, -0.25) is 4.79 Å². The highest BCUT2D eigenvalue weighted by molar-refractivity contribution is 5.75. The smallest absolute Gasteiger partial charge is 0.221 e. The van der Waals surface area contributed by atoms with Gasteiger partial charge < -0.3 is 15.4 Å². The van der Waals surface area contributed by atoms with E-state index in [1.54, 1.807) is 7.11 Å². The third kappa shape index (κ3) is 5.21. The average molecular weight is 278 g/mol. The number of benzene rings is 1. The van der Waals surface area contributed by atoms with Crippen molar-refractivity contribution in [2.24, 2.45) is 0 Å². The van der Waals surface area contributed by atoms with E-state index in [2.05, 4.69) is 23.6 Å². The van der Waals surface area contributed by atoms with Crippen molar-refractivity contribution in [2.45, 2.75) is 39.2 Å². The summed E-state index contributed by atoms with van der Waals surface area (Å²) in [6.45, 7) is 5.60. The SMILES string of the molecule is CCCNC(=O)CCNC(CC)c1ccccc1OC. The number of ether oxygens (including phenoxy) is 1. The fraction of sp³-hybridized carbons (Fsp3) is 0.562. The molecule has 112 valence electrons. The van der Waals surface area contributed by atoms with Crippen LogP contribution in [0.1, 0.15) is 44.7 Å². The third-order valence-electron chi connectivity index (χ3n) is 3.24. The molecule has 0 aliphatic rings. The minimum Gasteiger partial charge on any atom is -0.496 e. The second-order valence-electron chi connectivity index (χ2n) is 4.76. The highest BCUT2D eigenvalue weighted by Gasteiger charge is 2.13. The van der Waals surface area contributed by atoms with Crippen LogP contribution in [0.2, 0.25) is 0 Å². The summed E-state index contributed by atoms with van der Waals surface area (Å²) in [6.07, 6.45) is 2.43. The second kappa shape index (κ2) is 9.37. The number of carbonyl (C=O) groups is 1. The van der Waals surface area contributed by atoms with Crippen molar-refractivity contribution in [3.05, 3.63) is 29.8 Å². The fourth-order valence-electron chi connectivity index (χ4n) is 2.14. The quantitative estimate of drug-likeness (QED) is 0.730. The van der Waals surface area contributed by atoms with Gasteiger partial charge in [0, 0.05) is 31.1 Å². The van der Waals surface area contributed by atoms with Crippen LogP contribution in [0, 0.1) is 0 Å². The van der Waals surface area contributed by atoms with Crippen LogP contribution in [0.15, 0.2) is 24.3 Å². The Hall–Kier alpha value is -1.55. The summed E-state index contributed by atoms with van der Waals surface area (Å²) in [4.78, 5) is 11.6. The first-order chi connectivity index (χ1) is 9.72. The summed E-state index contributed by atoms with van der Waals surface area (Å²) in [6, 6.07) is 8.22. The first-order valence-electron chi connectivity index (χ1n) is 7.35. The number of nitrogens with one attached hydrogen (secondary N) is 2. The Bertz CT molecular complexity index is 407. The Morgan fingerprint density at radius 3 is 2.65 bits per heavy atom. The molecule has 20 heavy (non-hydrogen) atoms. The van der Waals surface area contributed by atoms with E-state index >= 15 is 0 Å². The summed E-state index contributed by atoms with van der Waals surface area (Å²) in [5.41, 5.74) is 1.14. The van der Waals surface area contributed by atoms with Crippen LogP contribution in [0.5, 0.6) is 5.75 Å². The van der Waals surface area contributed by atoms with E-state index in [-0.39, 0.29) is 11.9 Å². The number of methoxy groups -OCH3 is 1. The van der Waals surface area contributed by atoms with E-state index < -0.39 is 0 Å². The zero-order valence-electron chi connectivity index (χ0n) is 12.7. The van der Waals surface area contributed by atoms with Crippen LogP contribution in [0.4, 0.5) is 0 Å². The lowest BCUT2D eigenvalue weighted by Gasteiger charge is -2.19. The molecule has 0 aliphatic heterocycles. The minimum absolute atomic E-state index is 0.106. The number of amides is 1. The molecule has 1 unspecified atom stereocenters. The predicted molar refractivity (Wildman–Crippen MR) is 81.9 cm³/mol. The Morgan fingerprint density at radius 2 is 2.00 bits per heavy atom. The van der Waals surface area contributed by atoms with Crippen molar-refractivity contribution >= 4 is 5.91 Å². The average Bonchev–Trinajstić information content (AvgIpc) is 2.49. The summed E-state index contributed by atoms with van der Waals surface area (Å²) >= 11 is 0. The standard InChI is InChI=1S/C16H26N2O2/c1-4-11-18-16(19)10-12-17-14(5-2)13-8-6-7-9-15(13)20-3/h6-9,14,17H,4-5,10-12H2,1-3H3,(H,18,19). The van der Waals surface area contributed by atoms with Crippen molar-refractivity contribution in [3.63, 3.8) is 0 Å². The molecule has 0 heterocycles. The normalized spacial score (nSPS) is 11.9. The summed E-state index contributed by atoms with van der Waals surface area (Å²) in [5, 5.41) is 6.31. The van der Waals surface area contributed by atoms with Crippen molar-refractivity contribution in [3.8, 4) is 5.75 Å². The molecule has 0 bridgehead atoms. The van der Waals surface area contributed by atoms with E-state index in [1.165, 1.54) is 0 Å². The summed E-state index contributed by atoms with van der Waals surface area (Å²) in [7, 11) is 1.68. The maximum absolute atomic E-state index is 11.6. The van der Waals surface area contributed by atoms with E-state index in [9.17, 15) is 4.79 Å². The zero-order chi connectivity index (χ0) is 14.8. The van der Waals surface area contributed by atoms with Crippen LogP contribution in [-0.4, -0.2) is 26.1 Å². The third-order valence-corrected chi connectivity index (χ3v) is 3.24. The molecule has 2 N–H and O–H groups in total. The van der Waals surface area contributed by atoms with Gasteiger partial charge in [-0.05, 0) is 18.9 Å². The highest BCUT2D eigenvalue weighted by atomic mass is 16.5. The maximum Gasteiger partial charge on any atom is 0.221 e. The molecule has 0 fully saturated rings.